The molecule has 14 heavy (non-hydrogen) atoms. The van der Waals surface area contributed by atoms with E-state index in [0.29, 0.717) is 5.92 Å². The predicted molar refractivity (Wildman–Crippen MR) is 59.5 cm³/mol. The van der Waals surface area contributed by atoms with E-state index in [-0.39, 0.29) is 11.4 Å². The van der Waals surface area contributed by atoms with Gasteiger partial charge in [0.2, 0.25) is 0 Å². The first kappa shape index (κ1) is 10.2. The van der Waals surface area contributed by atoms with Crippen LogP contribution in [0.2, 0.25) is 0 Å². The van der Waals surface area contributed by atoms with Crippen LogP contribution in [0.25, 0.3) is 0 Å². The van der Waals surface area contributed by atoms with Gasteiger partial charge in [0.1, 0.15) is 5.41 Å². The highest BCUT2D eigenvalue weighted by atomic mass is 79.9. The molecule has 1 saturated carbocycles. The normalized spacial score (nSPS) is 30.1. The summed E-state index contributed by atoms with van der Waals surface area (Å²) in [6, 6.07) is 2.02. The number of halogens is 1. The Morgan fingerprint density at radius 1 is 1.79 bits per heavy atom. The summed E-state index contributed by atoms with van der Waals surface area (Å²) in [4.78, 5) is 12.8. The van der Waals surface area contributed by atoms with E-state index in [1.165, 1.54) is 7.11 Å². The summed E-state index contributed by atoms with van der Waals surface area (Å²) in [7, 11) is 1.46. The molecule has 1 fully saturated rings. The van der Waals surface area contributed by atoms with Gasteiger partial charge in [0, 0.05) is 14.7 Å². The summed E-state index contributed by atoms with van der Waals surface area (Å²) >= 11 is 5.02. The Labute approximate surface area is 95.4 Å². The molecule has 0 amide bonds. The van der Waals surface area contributed by atoms with Crippen molar-refractivity contribution in [1.29, 1.82) is 0 Å². The molecule has 0 radical (unpaired) electrons. The minimum atomic E-state index is -0.342. The number of hydrogen-bond acceptors (Lipinski definition) is 3. The van der Waals surface area contributed by atoms with Crippen molar-refractivity contribution in [3.8, 4) is 0 Å². The molecule has 1 aliphatic carbocycles. The van der Waals surface area contributed by atoms with Gasteiger partial charge in [0.05, 0.1) is 7.11 Å². The second kappa shape index (κ2) is 3.35. The SMILES string of the molecule is COC(=O)C1(c2cc(Br)cs2)CC1C. The van der Waals surface area contributed by atoms with Crippen LogP contribution in [0.15, 0.2) is 15.9 Å². The highest BCUT2D eigenvalue weighted by molar-refractivity contribution is 9.10. The molecule has 2 atom stereocenters. The summed E-state index contributed by atoms with van der Waals surface area (Å²) in [6.07, 6.45) is 0.909. The van der Waals surface area contributed by atoms with E-state index < -0.39 is 0 Å². The number of rotatable bonds is 2. The number of esters is 1. The third kappa shape index (κ3) is 1.32. The Balaban J connectivity index is 2.35. The van der Waals surface area contributed by atoms with E-state index in [2.05, 4.69) is 22.9 Å². The van der Waals surface area contributed by atoms with Gasteiger partial charge in [-0.1, -0.05) is 6.92 Å². The van der Waals surface area contributed by atoms with Crippen molar-refractivity contribution in [2.24, 2.45) is 5.92 Å². The maximum Gasteiger partial charge on any atom is 0.317 e. The fourth-order valence-corrected chi connectivity index (χ4v) is 3.62. The first-order valence-electron chi connectivity index (χ1n) is 4.44. The first-order chi connectivity index (χ1) is 6.61. The Hall–Kier alpha value is -0.350. The summed E-state index contributed by atoms with van der Waals surface area (Å²) in [5, 5.41) is 2.01. The van der Waals surface area contributed by atoms with E-state index in [1.807, 2.05) is 11.4 Å². The van der Waals surface area contributed by atoms with Crippen LogP contribution in [0.4, 0.5) is 0 Å². The molecule has 1 aliphatic rings. The zero-order chi connectivity index (χ0) is 10.3. The van der Waals surface area contributed by atoms with Crippen LogP contribution >= 0.6 is 27.3 Å². The lowest BCUT2D eigenvalue weighted by molar-refractivity contribution is -0.144. The molecule has 0 bridgehead atoms. The zero-order valence-electron chi connectivity index (χ0n) is 8.04. The maximum absolute atomic E-state index is 11.7. The Kier molecular flexibility index (Phi) is 2.43. The molecular formula is C10H11BrO2S. The third-order valence-electron chi connectivity index (χ3n) is 2.87. The fraction of sp³-hybridized carbons (Fsp3) is 0.500. The first-order valence-corrected chi connectivity index (χ1v) is 6.11. The molecule has 0 aromatic carbocycles. The third-order valence-corrected chi connectivity index (χ3v) is 4.73. The Morgan fingerprint density at radius 3 is 2.79 bits per heavy atom. The molecule has 2 nitrogen and oxygen atoms in total. The van der Waals surface area contributed by atoms with Crippen molar-refractivity contribution in [3.05, 3.63) is 20.8 Å². The molecule has 0 saturated heterocycles. The van der Waals surface area contributed by atoms with Crippen LogP contribution in [0.5, 0.6) is 0 Å². The van der Waals surface area contributed by atoms with E-state index >= 15 is 0 Å². The summed E-state index contributed by atoms with van der Waals surface area (Å²) in [5.74, 6) is 0.305. The van der Waals surface area contributed by atoms with Crippen molar-refractivity contribution in [2.75, 3.05) is 7.11 Å². The van der Waals surface area contributed by atoms with E-state index in [1.54, 1.807) is 11.3 Å². The molecule has 76 valence electrons. The van der Waals surface area contributed by atoms with Crippen LogP contribution in [-0.4, -0.2) is 13.1 Å². The minimum absolute atomic E-state index is 0.0978. The zero-order valence-corrected chi connectivity index (χ0v) is 10.4. The molecule has 4 heteroatoms. The largest absolute Gasteiger partial charge is 0.468 e. The molecule has 1 heterocycles. The molecule has 0 N–H and O–H groups in total. The summed E-state index contributed by atoms with van der Waals surface area (Å²) in [5.41, 5.74) is -0.342. The quantitative estimate of drug-likeness (QED) is 0.776. The van der Waals surface area contributed by atoms with Gasteiger partial charge in [-0.05, 0) is 34.3 Å². The van der Waals surface area contributed by atoms with Gasteiger partial charge in [0.25, 0.3) is 0 Å². The van der Waals surface area contributed by atoms with Crippen LogP contribution in [0.1, 0.15) is 18.2 Å². The number of hydrogen-bond donors (Lipinski definition) is 0. The second-order valence-corrected chi connectivity index (χ2v) is 5.52. The Morgan fingerprint density at radius 2 is 2.43 bits per heavy atom. The standard InChI is InChI=1S/C10H11BrO2S/c1-6-4-10(6,9(12)13-2)8-3-7(11)5-14-8/h3,5-6H,4H2,1-2H3. The lowest BCUT2D eigenvalue weighted by Crippen LogP contribution is -2.22. The van der Waals surface area contributed by atoms with Crippen LogP contribution in [-0.2, 0) is 14.9 Å². The monoisotopic (exact) mass is 274 g/mol. The predicted octanol–water partition coefficient (Wildman–Crippen LogP) is 2.96. The number of carbonyl (C=O) groups is 1. The highest BCUT2D eigenvalue weighted by Crippen LogP contribution is 2.56. The number of methoxy groups -OCH3 is 1. The molecule has 2 rings (SSSR count). The van der Waals surface area contributed by atoms with Gasteiger partial charge in [-0.3, -0.25) is 4.79 Å². The average Bonchev–Trinajstić information content (AvgIpc) is 2.64. The number of ether oxygens (including phenoxy) is 1. The van der Waals surface area contributed by atoms with Crippen molar-refractivity contribution in [1.82, 2.24) is 0 Å². The molecule has 1 aromatic rings. The van der Waals surface area contributed by atoms with Gasteiger partial charge < -0.3 is 4.74 Å². The van der Waals surface area contributed by atoms with Gasteiger partial charge in [0.15, 0.2) is 0 Å². The fourth-order valence-electron chi connectivity index (χ4n) is 1.88. The smallest absolute Gasteiger partial charge is 0.317 e. The molecule has 2 unspecified atom stereocenters. The van der Waals surface area contributed by atoms with Crippen LogP contribution < -0.4 is 0 Å². The number of carbonyl (C=O) groups excluding carboxylic acids is 1. The van der Waals surface area contributed by atoms with Gasteiger partial charge in [-0.2, -0.15) is 0 Å². The molecule has 0 aliphatic heterocycles. The molecule has 0 spiro atoms. The van der Waals surface area contributed by atoms with E-state index in [4.69, 9.17) is 4.74 Å². The van der Waals surface area contributed by atoms with Crippen molar-refractivity contribution in [2.45, 2.75) is 18.8 Å². The van der Waals surface area contributed by atoms with E-state index in [9.17, 15) is 4.79 Å². The Bertz CT molecular complexity index is 374. The maximum atomic E-state index is 11.7. The number of thiophene rings is 1. The van der Waals surface area contributed by atoms with Gasteiger partial charge in [-0.25, -0.2) is 0 Å². The van der Waals surface area contributed by atoms with E-state index in [0.717, 1.165) is 15.8 Å². The van der Waals surface area contributed by atoms with Crippen molar-refractivity contribution < 1.29 is 9.53 Å². The van der Waals surface area contributed by atoms with Gasteiger partial charge in [-0.15, -0.1) is 11.3 Å². The summed E-state index contributed by atoms with van der Waals surface area (Å²) in [6.45, 7) is 2.09. The van der Waals surface area contributed by atoms with Crippen LogP contribution in [0, 0.1) is 5.92 Å². The highest BCUT2D eigenvalue weighted by Gasteiger charge is 2.60. The van der Waals surface area contributed by atoms with Crippen molar-refractivity contribution >= 4 is 33.2 Å². The summed E-state index contributed by atoms with van der Waals surface area (Å²) < 4.78 is 5.91. The molecular weight excluding hydrogens is 264 g/mol. The van der Waals surface area contributed by atoms with Gasteiger partial charge >= 0.3 is 5.97 Å². The topological polar surface area (TPSA) is 26.3 Å². The van der Waals surface area contributed by atoms with Crippen molar-refractivity contribution in [3.63, 3.8) is 0 Å². The lowest BCUT2D eigenvalue weighted by atomic mass is 10.0. The average molecular weight is 275 g/mol. The second-order valence-electron chi connectivity index (χ2n) is 3.70. The van der Waals surface area contributed by atoms with Crippen LogP contribution in [0.3, 0.4) is 0 Å². The molecule has 1 aromatic heterocycles. The lowest BCUT2D eigenvalue weighted by Gasteiger charge is -2.11. The minimum Gasteiger partial charge on any atom is -0.468 e.